The van der Waals surface area contributed by atoms with Crippen molar-refractivity contribution < 1.29 is 14.6 Å². The van der Waals surface area contributed by atoms with Crippen molar-refractivity contribution in [1.29, 1.82) is 0 Å². The molecule has 0 aliphatic heterocycles. The molecule has 1 aromatic heterocycles. The van der Waals surface area contributed by atoms with Gasteiger partial charge >= 0.3 is 5.97 Å². The molecular weight excluding hydrogens is 240 g/mol. The Kier molecular flexibility index (Phi) is 4.89. The Bertz CT molecular complexity index is 390. The Labute approximate surface area is 105 Å². The number of nitrogens with zero attached hydrogens (tertiary/aromatic N) is 2. The van der Waals surface area contributed by atoms with Gasteiger partial charge in [0.05, 0.1) is 12.3 Å². The number of carboxylic acid groups (broad SMARTS) is 1. The number of thiazole rings is 1. The van der Waals surface area contributed by atoms with Crippen molar-refractivity contribution in [3.05, 3.63) is 10.6 Å². The van der Waals surface area contributed by atoms with Crippen molar-refractivity contribution in [2.75, 3.05) is 25.6 Å². The Morgan fingerprint density at radius 2 is 2.24 bits per heavy atom. The molecule has 0 amide bonds. The summed E-state index contributed by atoms with van der Waals surface area (Å²) in [5.74, 6) is -0.443. The fourth-order valence-corrected chi connectivity index (χ4v) is 2.41. The van der Waals surface area contributed by atoms with E-state index in [0.717, 1.165) is 11.7 Å². The first kappa shape index (κ1) is 13.9. The van der Waals surface area contributed by atoms with Crippen molar-refractivity contribution in [3.8, 4) is 0 Å². The second-order valence-corrected chi connectivity index (χ2v) is 5.26. The number of aromatic carboxylic acids is 1. The maximum Gasteiger partial charge on any atom is 0.347 e. The molecule has 1 rings (SSSR count). The van der Waals surface area contributed by atoms with Gasteiger partial charge in [-0.3, -0.25) is 0 Å². The van der Waals surface area contributed by atoms with Crippen LogP contribution < -0.4 is 4.90 Å². The second kappa shape index (κ2) is 5.97. The first-order valence-corrected chi connectivity index (χ1v) is 6.20. The Balaban J connectivity index is 2.94. The number of methoxy groups -OCH3 is 1. The minimum Gasteiger partial charge on any atom is -0.477 e. The average molecular weight is 258 g/mol. The van der Waals surface area contributed by atoms with E-state index >= 15 is 0 Å². The van der Waals surface area contributed by atoms with Crippen LogP contribution in [-0.4, -0.2) is 36.8 Å². The maximum absolute atomic E-state index is 11.1. The van der Waals surface area contributed by atoms with E-state index in [1.54, 1.807) is 0 Å². The molecule has 0 spiro atoms. The van der Waals surface area contributed by atoms with Crippen LogP contribution in [0.1, 0.15) is 29.2 Å². The molecule has 0 aromatic carbocycles. The summed E-state index contributed by atoms with van der Waals surface area (Å²) in [4.78, 5) is 17.6. The molecule has 0 atom stereocenters. The number of hydrogen-bond acceptors (Lipinski definition) is 5. The molecule has 0 aliphatic rings. The van der Waals surface area contributed by atoms with Crippen LogP contribution in [-0.2, 0) is 11.3 Å². The minimum absolute atomic E-state index is 0.230. The molecule has 17 heavy (non-hydrogen) atoms. The zero-order valence-corrected chi connectivity index (χ0v) is 11.4. The molecule has 0 radical (unpaired) electrons. The van der Waals surface area contributed by atoms with Crippen LogP contribution in [0.25, 0.3) is 0 Å². The molecule has 0 aliphatic carbocycles. The van der Waals surface area contributed by atoms with Gasteiger partial charge in [-0.25, -0.2) is 9.78 Å². The second-order valence-electron chi connectivity index (χ2n) is 4.28. The largest absolute Gasteiger partial charge is 0.477 e. The number of carbonyl (C=O) groups is 1. The predicted octanol–water partition coefficient (Wildman–Crippen LogP) is 2.08. The van der Waals surface area contributed by atoms with Crippen LogP contribution >= 0.6 is 11.3 Å². The normalized spacial score (nSPS) is 10.9. The van der Waals surface area contributed by atoms with Gasteiger partial charge in [0.2, 0.25) is 0 Å². The SMILES string of the molecule is COCc1nc(N(C)CC(C)C)sc1C(=O)O. The average Bonchev–Trinajstić information content (AvgIpc) is 2.61. The van der Waals surface area contributed by atoms with E-state index < -0.39 is 5.97 Å². The van der Waals surface area contributed by atoms with Crippen LogP contribution in [0, 0.1) is 5.92 Å². The number of hydrogen-bond donors (Lipinski definition) is 1. The third-order valence-electron chi connectivity index (χ3n) is 2.13. The van der Waals surface area contributed by atoms with Crippen LogP contribution in [0.15, 0.2) is 0 Å². The highest BCUT2D eigenvalue weighted by atomic mass is 32.1. The number of aromatic nitrogens is 1. The van der Waals surface area contributed by atoms with Gasteiger partial charge in [-0.05, 0) is 5.92 Å². The van der Waals surface area contributed by atoms with Gasteiger partial charge in [-0.15, -0.1) is 0 Å². The molecule has 0 fully saturated rings. The van der Waals surface area contributed by atoms with Crippen molar-refractivity contribution in [2.24, 2.45) is 5.92 Å². The molecule has 0 saturated carbocycles. The van der Waals surface area contributed by atoms with Crippen LogP contribution in [0.2, 0.25) is 0 Å². The van der Waals surface area contributed by atoms with Gasteiger partial charge in [0.15, 0.2) is 5.13 Å². The monoisotopic (exact) mass is 258 g/mol. The van der Waals surface area contributed by atoms with Crippen LogP contribution in [0.3, 0.4) is 0 Å². The summed E-state index contributed by atoms with van der Waals surface area (Å²) in [7, 11) is 3.45. The van der Waals surface area contributed by atoms with Crippen molar-refractivity contribution >= 4 is 22.4 Å². The number of rotatable bonds is 6. The molecule has 0 bridgehead atoms. The van der Waals surface area contributed by atoms with Crippen LogP contribution in [0.5, 0.6) is 0 Å². The van der Waals surface area contributed by atoms with Crippen LogP contribution in [0.4, 0.5) is 5.13 Å². The van der Waals surface area contributed by atoms with E-state index in [1.165, 1.54) is 18.4 Å². The quantitative estimate of drug-likeness (QED) is 0.846. The fraction of sp³-hybridized carbons (Fsp3) is 0.636. The molecule has 0 unspecified atom stereocenters. The number of anilines is 1. The zero-order valence-electron chi connectivity index (χ0n) is 10.6. The first-order chi connectivity index (χ1) is 7.95. The highest BCUT2D eigenvalue weighted by Crippen LogP contribution is 2.26. The summed E-state index contributed by atoms with van der Waals surface area (Å²) in [6, 6.07) is 0. The van der Waals surface area contributed by atoms with E-state index in [1.807, 2.05) is 11.9 Å². The van der Waals surface area contributed by atoms with E-state index in [-0.39, 0.29) is 11.5 Å². The minimum atomic E-state index is -0.946. The third-order valence-corrected chi connectivity index (χ3v) is 3.33. The van der Waals surface area contributed by atoms with E-state index in [4.69, 9.17) is 9.84 Å². The fourth-order valence-electron chi connectivity index (χ4n) is 1.53. The molecule has 5 nitrogen and oxygen atoms in total. The number of ether oxygens (including phenoxy) is 1. The smallest absolute Gasteiger partial charge is 0.347 e. The highest BCUT2D eigenvalue weighted by Gasteiger charge is 2.19. The lowest BCUT2D eigenvalue weighted by Crippen LogP contribution is -2.22. The summed E-state index contributed by atoms with van der Waals surface area (Å²) in [6.45, 7) is 5.29. The maximum atomic E-state index is 11.1. The van der Waals surface area contributed by atoms with Gasteiger partial charge in [-0.1, -0.05) is 25.2 Å². The lowest BCUT2D eigenvalue weighted by molar-refractivity contribution is 0.0697. The van der Waals surface area contributed by atoms with Gasteiger partial charge in [0.25, 0.3) is 0 Å². The molecule has 6 heteroatoms. The highest BCUT2D eigenvalue weighted by molar-refractivity contribution is 7.17. The molecule has 1 heterocycles. The molecule has 96 valence electrons. The van der Waals surface area contributed by atoms with Crippen molar-refractivity contribution in [2.45, 2.75) is 20.5 Å². The summed E-state index contributed by atoms with van der Waals surface area (Å²) < 4.78 is 4.96. The third kappa shape index (κ3) is 3.67. The van der Waals surface area contributed by atoms with Crippen molar-refractivity contribution in [3.63, 3.8) is 0 Å². The lowest BCUT2D eigenvalue weighted by atomic mass is 10.2. The van der Waals surface area contributed by atoms with E-state index in [0.29, 0.717) is 11.6 Å². The molecule has 1 aromatic rings. The summed E-state index contributed by atoms with van der Waals surface area (Å²) >= 11 is 1.19. The van der Waals surface area contributed by atoms with Gasteiger partial charge < -0.3 is 14.7 Å². The van der Waals surface area contributed by atoms with Gasteiger partial charge in [0.1, 0.15) is 4.88 Å². The standard InChI is InChI=1S/C11H18N2O3S/c1-7(2)5-13(3)11-12-8(6-16-4)9(17-11)10(14)15/h7H,5-6H2,1-4H3,(H,14,15). The predicted molar refractivity (Wildman–Crippen MR) is 67.9 cm³/mol. The van der Waals surface area contributed by atoms with Gasteiger partial charge in [-0.2, -0.15) is 0 Å². The summed E-state index contributed by atoms with van der Waals surface area (Å²) in [5, 5.41) is 9.79. The summed E-state index contributed by atoms with van der Waals surface area (Å²) in [5.41, 5.74) is 0.496. The molecular formula is C11H18N2O3S. The Morgan fingerprint density at radius 3 is 2.71 bits per heavy atom. The lowest BCUT2D eigenvalue weighted by Gasteiger charge is -2.17. The Morgan fingerprint density at radius 1 is 1.59 bits per heavy atom. The van der Waals surface area contributed by atoms with Gasteiger partial charge in [0, 0.05) is 20.7 Å². The van der Waals surface area contributed by atoms with Crippen molar-refractivity contribution in [1.82, 2.24) is 4.98 Å². The zero-order chi connectivity index (χ0) is 13.0. The summed E-state index contributed by atoms with van der Waals surface area (Å²) in [6.07, 6.45) is 0. The number of carboxylic acids is 1. The molecule has 0 saturated heterocycles. The van der Waals surface area contributed by atoms with E-state index in [9.17, 15) is 4.79 Å². The Hall–Kier alpha value is -1.14. The topological polar surface area (TPSA) is 62.7 Å². The first-order valence-electron chi connectivity index (χ1n) is 5.38. The molecule has 1 N–H and O–H groups in total. The van der Waals surface area contributed by atoms with E-state index in [2.05, 4.69) is 18.8 Å².